The van der Waals surface area contributed by atoms with Crippen molar-refractivity contribution < 1.29 is 85.1 Å². The van der Waals surface area contributed by atoms with Crippen molar-refractivity contribution in [2.45, 2.75) is 87.3 Å². The normalized spacial score (nSPS) is 11.7. The molecule has 0 radical (unpaired) electrons. The summed E-state index contributed by atoms with van der Waals surface area (Å²) in [6.07, 6.45) is 11.2. The third-order valence-corrected chi connectivity index (χ3v) is 7.35. The Bertz CT molecular complexity index is 1050. The zero-order valence-corrected chi connectivity index (χ0v) is 25.1. The van der Waals surface area contributed by atoms with Crippen LogP contribution >= 0.6 is 0 Å². The van der Waals surface area contributed by atoms with Gasteiger partial charge in [0.25, 0.3) is 0 Å². The van der Waals surface area contributed by atoms with Gasteiger partial charge in [0.1, 0.15) is 20.2 Å². The number of hydrogen-bond donors (Lipinski definition) is 0. The molecule has 0 spiro atoms. The predicted octanol–water partition coefficient (Wildman–Crippen LogP) is -0.881. The summed E-state index contributed by atoms with van der Waals surface area (Å²) in [4.78, 5) is -1.80. The van der Waals surface area contributed by atoms with E-state index in [0.717, 1.165) is 19.3 Å². The summed E-state index contributed by atoms with van der Waals surface area (Å²) in [5.41, 5.74) is 0.109. The number of hydrogen-bond acceptors (Lipinski definition) is 6. The molecule has 2 aromatic rings. The molecule has 0 saturated heterocycles. The molecular weight excluding hydrogens is 470 g/mol. The molecule has 0 unspecified atom stereocenters. The summed E-state index contributed by atoms with van der Waals surface area (Å²) in [5.74, 6) is 0. The van der Waals surface area contributed by atoms with Crippen molar-refractivity contribution >= 4 is 31.0 Å². The third kappa shape index (κ3) is 10.0. The molecule has 2 aromatic carbocycles. The van der Waals surface area contributed by atoms with Crippen LogP contribution in [-0.2, 0) is 26.7 Å². The van der Waals surface area contributed by atoms with Gasteiger partial charge in [0.2, 0.25) is 0 Å². The van der Waals surface area contributed by atoms with Crippen LogP contribution in [0.5, 0.6) is 0 Å². The van der Waals surface area contributed by atoms with E-state index in [1.165, 1.54) is 56.7 Å². The van der Waals surface area contributed by atoms with Crippen LogP contribution in [0.1, 0.15) is 76.7 Å². The fraction of sp³-hybridized carbons (Fsp3) is 0.545. The van der Waals surface area contributed by atoms with Crippen molar-refractivity contribution in [3.05, 3.63) is 35.9 Å². The van der Waals surface area contributed by atoms with E-state index in [2.05, 4.69) is 6.92 Å². The van der Waals surface area contributed by atoms with Gasteiger partial charge in [-0.3, -0.25) is 0 Å². The van der Waals surface area contributed by atoms with Crippen LogP contribution < -0.4 is 59.1 Å². The summed E-state index contributed by atoms with van der Waals surface area (Å²) < 4.78 is 71.2. The topological polar surface area (TPSA) is 114 Å². The van der Waals surface area contributed by atoms with Crippen molar-refractivity contribution in [1.82, 2.24) is 0 Å². The van der Waals surface area contributed by atoms with Gasteiger partial charge >= 0.3 is 59.1 Å². The number of fused-ring (bicyclic) bond motifs is 1. The quantitative estimate of drug-likeness (QED) is 0.200. The molecule has 10 heteroatoms. The van der Waals surface area contributed by atoms with Gasteiger partial charge in [-0.05, 0) is 29.9 Å². The molecule has 0 aliphatic carbocycles. The molecule has 0 heterocycles. The monoisotopic (exact) mass is 500 g/mol. The van der Waals surface area contributed by atoms with Gasteiger partial charge in [-0.15, -0.1) is 0 Å². The average molecular weight is 501 g/mol. The molecule has 0 aliphatic rings. The summed E-state index contributed by atoms with van der Waals surface area (Å²) in [6.45, 7) is 2.19. The van der Waals surface area contributed by atoms with E-state index in [1.807, 2.05) is 0 Å². The Kier molecular flexibility index (Phi) is 15.8. The van der Waals surface area contributed by atoms with E-state index >= 15 is 0 Å². The van der Waals surface area contributed by atoms with Crippen molar-refractivity contribution in [2.75, 3.05) is 0 Å². The fourth-order valence-corrected chi connectivity index (χ4v) is 6.11. The molecule has 0 aliphatic heterocycles. The van der Waals surface area contributed by atoms with Gasteiger partial charge in [0.15, 0.2) is 0 Å². The number of rotatable bonds is 13. The SMILES string of the molecule is CCCCCCCCCCCCc1cc2ccccc2c(S(=O)(=O)[O-])c1S(=O)(=O)[O-].[Na+].[Na+]. The Morgan fingerprint density at radius 1 is 0.688 bits per heavy atom. The minimum absolute atomic E-state index is 0. The molecule has 0 amide bonds. The molecule has 0 fully saturated rings. The Labute approximate surface area is 237 Å². The molecule has 32 heavy (non-hydrogen) atoms. The summed E-state index contributed by atoms with van der Waals surface area (Å²) in [6, 6.07) is 7.63. The Hall–Kier alpha value is 0.520. The minimum Gasteiger partial charge on any atom is -0.744 e. The van der Waals surface area contributed by atoms with E-state index in [-0.39, 0.29) is 76.5 Å². The maximum Gasteiger partial charge on any atom is 1.00 e. The first kappa shape index (κ1) is 32.5. The van der Waals surface area contributed by atoms with Crippen LogP contribution in [0.3, 0.4) is 0 Å². The van der Waals surface area contributed by atoms with Crippen molar-refractivity contribution in [3.8, 4) is 0 Å². The van der Waals surface area contributed by atoms with Gasteiger partial charge < -0.3 is 9.11 Å². The first-order valence-corrected chi connectivity index (χ1v) is 13.4. The summed E-state index contributed by atoms with van der Waals surface area (Å²) in [5, 5.41) is 0.398. The second-order valence-electron chi connectivity index (χ2n) is 7.76. The number of benzene rings is 2. The molecule has 6 nitrogen and oxygen atoms in total. The average Bonchev–Trinajstić information content (AvgIpc) is 2.66. The van der Waals surface area contributed by atoms with Crippen LogP contribution in [0.15, 0.2) is 40.1 Å². The van der Waals surface area contributed by atoms with E-state index in [1.54, 1.807) is 12.1 Å². The summed E-state index contributed by atoms with van der Waals surface area (Å²) in [7, 11) is -10.3. The van der Waals surface area contributed by atoms with Crippen LogP contribution in [0.4, 0.5) is 0 Å². The van der Waals surface area contributed by atoms with Gasteiger partial charge in [-0.2, -0.15) is 0 Å². The van der Waals surface area contributed by atoms with E-state index in [0.29, 0.717) is 11.8 Å². The Balaban J connectivity index is 0.00000480. The standard InChI is InChI=1S/C22H32O6S2.2Na/c1-2-3-4-5-6-7-8-9-10-11-15-19-17-18-14-12-13-16-20(18)22(30(26,27)28)21(19)29(23,24)25;;/h12-14,16-17H,2-11,15H2,1H3,(H,23,24,25)(H,26,27,28);;/q;2*+1/p-2. The molecule has 0 saturated carbocycles. The van der Waals surface area contributed by atoms with Crippen LogP contribution in [-0.4, -0.2) is 25.9 Å². The van der Waals surface area contributed by atoms with Gasteiger partial charge in [-0.1, -0.05) is 89.0 Å². The van der Waals surface area contributed by atoms with E-state index in [9.17, 15) is 25.9 Å². The number of unbranched alkanes of at least 4 members (excludes halogenated alkanes) is 9. The molecule has 168 valence electrons. The van der Waals surface area contributed by atoms with Crippen molar-refractivity contribution in [1.29, 1.82) is 0 Å². The van der Waals surface area contributed by atoms with Crippen LogP contribution in [0, 0.1) is 0 Å². The van der Waals surface area contributed by atoms with Crippen molar-refractivity contribution in [3.63, 3.8) is 0 Å². The zero-order valence-electron chi connectivity index (χ0n) is 19.4. The Morgan fingerprint density at radius 3 is 1.66 bits per heavy atom. The molecule has 2 rings (SSSR count). The molecule has 0 N–H and O–H groups in total. The smallest absolute Gasteiger partial charge is 0.744 e. The first-order chi connectivity index (χ1) is 14.2. The maximum absolute atomic E-state index is 11.9. The van der Waals surface area contributed by atoms with Gasteiger partial charge in [0, 0.05) is 5.39 Å². The van der Waals surface area contributed by atoms with Crippen LogP contribution in [0.25, 0.3) is 10.8 Å². The Morgan fingerprint density at radius 2 is 1.16 bits per heavy atom. The van der Waals surface area contributed by atoms with Crippen LogP contribution in [0.2, 0.25) is 0 Å². The van der Waals surface area contributed by atoms with E-state index < -0.39 is 30.0 Å². The molecule has 0 atom stereocenters. The number of aryl methyl sites for hydroxylation is 1. The zero-order chi connectivity index (χ0) is 22.2. The molecular formula is C22H30Na2O6S2. The van der Waals surface area contributed by atoms with Crippen molar-refractivity contribution in [2.24, 2.45) is 0 Å². The first-order valence-electron chi connectivity index (χ1n) is 10.6. The van der Waals surface area contributed by atoms with Gasteiger partial charge in [0.05, 0.1) is 9.79 Å². The predicted molar refractivity (Wildman–Crippen MR) is 115 cm³/mol. The summed E-state index contributed by atoms with van der Waals surface area (Å²) >= 11 is 0. The second-order valence-corrected chi connectivity index (χ2v) is 10.4. The maximum atomic E-state index is 11.9. The largest absolute Gasteiger partial charge is 1.00 e. The molecule has 0 aromatic heterocycles. The minimum atomic E-state index is -5.15. The molecule has 0 bridgehead atoms. The van der Waals surface area contributed by atoms with Gasteiger partial charge in [-0.25, -0.2) is 16.8 Å². The third-order valence-electron chi connectivity index (χ3n) is 5.33. The second kappa shape index (κ2) is 15.5. The van der Waals surface area contributed by atoms with E-state index in [4.69, 9.17) is 0 Å². The fourth-order valence-electron chi connectivity index (χ4n) is 3.86.